The van der Waals surface area contributed by atoms with Gasteiger partial charge in [0.25, 0.3) is 17.0 Å². The van der Waals surface area contributed by atoms with Crippen LogP contribution in [0.5, 0.6) is 0 Å². The lowest BCUT2D eigenvalue weighted by molar-refractivity contribution is -0.136. The minimum Gasteiger partial charge on any atom is -0.480 e. The molecular weight excluding hydrogens is 360 g/mol. The predicted octanol–water partition coefficient (Wildman–Crippen LogP) is -0.831. The number of carboxylic acid groups (broad SMARTS) is 1. The molecule has 10 heteroatoms. The molecule has 4 rings (SSSR count). The van der Waals surface area contributed by atoms with Crippen molar-refractivity contribution in [1.29, 1.82) is 0 Å². The van der Waals surface area contributed by atoms with E-state index in [4.69, 9.17) is 5.11 Å². The Hall–Kier alpha value is -3.40. The van der Waals surface area contributed by atoms with E-state index in [1.807, 2.05) is 0 Å². The molecule has 0 radical (unpaired) electrons. The number of fused-ring (bicyclic) bond motifs is 2. The maximum Gasteiger partial charge on any atom is 0.323 e. The highest BCUT2D eigenvalue weighted by molar-refractivity contribution is 7.15. The van der Waals surface area contributed by atoms with Crippen molar-refractivity contribution in [3.63, 3.8) is 0 Å². The van der Waals surface area contributed by atoms with Crippen LogP contribution in [0.15, 0.2) is 33.9 Å². The summed E-state index contributed by atoms with van der Waals surface area (Å²) >= 11 is 0.877. The zero-order valence-electron chi connectivity index (χ0n) is 13.3. The number of carbonyl (C=O) groups is 2. The molecule has 0 bridgehead atoms. The Morgan fingerprint density at radius 1 is 1.23 bits per heavy atom. The summed E-state index contributed by atoms with van der Waals surface area (Å²) in [6, 6.07) is 6.63. The summed E-state index contributed by atoms with van der Waals surface area (Å²) in [5.41, 5.74) is -0.0846. The Labute approximate surface area is 148 Å². The molecule has 9 nitrogen and oxygen atoms in total. The van der Waals surface area contributed by atoms with E-state index in [1.165, 1.54) is 6.92 Å². The predicted molar refractivity (Wildman–Crippen MR) is 92.3 cm³/mol. The molecule has 0 spiro atoms. The largest absolute Gasteiger partial charge is 0.480 e. The number of carboxylic acids is 1. The van der Waals surface area contributed by atoms with Crippen molar-refractivity contribution < 1.29 is 14.7 Å². The van der Waals surface area contributed by atoms with Gasteiger partial charge in [0.2, 0.25) is 4.96 Å². The summed E-state index contributed by atoms with van der Waals surface area (Å²) in [4.78, 5) is 53.4. The average molecular weight is 370 g/mol. The third-order valence-corrected chi connectivity index (χ3v) is 4.99. The van der Waals surface area contributed by atoms with Crippen LogP contribution in [0.3, 0.4) is 0 Å². The smallest absolute Gasteiger partial charge is 0.323 e. The minimum atomic E-state index is -1.17. The summed E-state index contributed by atoms with van der Waals surface area (Å²) < 4.78 is 1.06. The molecule has 1 amide bonds. The first-order valence-corrected chi connectivity index (χ1v) is 8.28. The quantitative estimate of drug-likeness (QED) is 0.625. The highest BCUT2D eigenvalue weighted by atomic mass is 32.1. The van der Waals surface area contributed by atoms with Gasteiger partial charge in [-0.3, -0.25) is 24.1 Å². The summed E-state index contributed by atoms with van der Waals surface area (Å²) in [6.07, 6.45) is 0. The van der Waals surface area contributed by atoms with Gasteiger partial charge in [-0.1, -0.05) is 29.5 Å². The van der Waals surface area contributed by atoms with Gasteiger partial charge in [-0.2, -0.15) is 14.6 Å². The average Bonchev–Trinajstić information content (AvgIpc) is 3.04. The number of amides is 1. The van der Waals surface area contributed by atoms with Crippen molar-refractivity contribution in [3.8, 4) is 0 Å². The van der Waals surface area contributed by atoms with Gasteiger partial charge in [-0.15, -0.1) is 0 Å². The minimum absolute atomic E-state index is 0.0691. The monoisotopic (exact) mass is 370 g/mol. The topological polar surface area (TPSA) is 122 Å². The lowest BCUT2D eigenvalue weighted by atomic mass is 10.1. The number of carbonyl (C=O) groups excluding carboxylic acids is 1. The molecule has 1 aromatic carbocycles. The van der Waals surface area contributed by atoms with Crippen LogP contribution >= 0.6 is 11.3 Å². The maximum absolute atomic E-state index is 12.8. The Morgan fingerprint density at radius 3 is 2.69 bits per heavy atom. The van der Waals surface area contributed by atoms with E-state index < -0.39 is 29.5 Å². The normalized spacial score (nSPS) is 15.6. The Kier molecular flexibility index (Phi) is 3.44. The second-order valence-corrected chi connectivity index (χ2v) is 6.59. The fourth-order valence-corrected chi connectivity index (χ4v) is 3.82. The summed E-state index contributed by atoms with van der Waals surface area (Å²) in [5, 5.41) is 13.0. The summed E-state index contributed by atoms with van der Waals surface area (Å²) in [5.74, 6) is -1.76. The molecular formula is C16H10N4O5S. The number of rotatable bonds is 2. The SMILES string of the molecule is Cc1nn2c(=O)c(=C3C(=O)N(CC(=O)O)c4ccccc43)sc2nc1=O. The molecule has 0 fully saturated rings. The van der Waals surface area contributed by atoms with Crippen LogP contribution < -0.4 is 20.6 Å². The Morgan fingerprint density at radius 2 is 1.96 bits per heavy atom. The zero-order valence-corrected chi connectivity index (χ0v) is 14.1. The highest BCUT2D eigenvalue weighted by Crippen LogP contribution is 2.34. The van der Waals surface area contributed by atoms with Gasteiger partial charge < -0.3 is 5.11 Å². The molecule has 1 N–H and O–H groups in total. The van der Waals surface area contributed by atoms with E-state index in [9.17, 15) is 19.2 Å². The summed E-state index contributed by atoms with van der Waals surface area (Å²) in [6.45, 7) is 0.919. The standard InChI is InChI=1S/C16H10N4O5S/c1-7-13(23)17-16-20(18-7)15(25)12(26-16)11-8-4-2-3-5-9(8)19(14(11)24)6-10(21)22/h2-5H,6H2,1H3,(H,21,22). The van der Waals surface area contributed by atoms with Crippen LogP contribution in [0.1, 0.15) is 11.3 Å². The molecule has 0 unspecified atom stereocenters. The number of para-hydroxylation sites is 1. The van der Waals surface area contributed by atoms with E-state index in [-0.39, 0.29) is 20.8 Å². The van der Waals surface area contributed by atoms with Gasteiger partial charge in [0.15, 0.2) is 0 Å². The van der Waals surface area contributed by atoms with E-state index >= 15 is 0 Å². The molecule has 0 saturated carbocycles. The van der Waals surface area contributed by atoms with Gasteiger partial charge in [-0.05, 0) is 13.0 Å². The van der Waals surface area contributed by atoms with Crippen molar-refractivity contribution in [2.75, 3.05) is 11.4 Å². The molecule has 1 aliphatic heterocycles. The third kappa shape index (κ3) is 2.23. The molecule has 0 atom stereocenters. The Bertz CT molecular complexity index is 1280. The van der Waals surface area contributed by atoms with Crippen LogP contribution in [-0.4, -0.2) is 38.1 Å². The third-order valence-electron chi connectivity index (χ3n) is 3.96. The molecule has 26 heavy (non-hydrogen) atoms. The number of hydrogen-bond acceptors (Lipinski definition) is 7. The number of aryl methyl sites for hydroxylation is 1. The molecule has 1 aliphatic rings. The molecule has 130 valence electrons. The first-order valence-electron chi connectivity index (χ1n) is 7.46. The lowest BCUT2D eigenvalue weighted by Gasteiger charge is -2.13. The van der Waals surface area contributed by atoms with Crippen molar-refractivity contribution in [2.45, 2.75) is 6.92 Å². The molecule has 2 aromatic heterocycles. The molecule has 0 saturated heterocycles. The van der Waals surface area contributed by atoms with E-state index in [0.717, 1.165) is 20.8 Å². The van der Waals surface area contributed by atoms with Crippen molar-refractivity contribution in [3.05, 3.63) is 60.8 Å². The van der Waals surface area contributed by atoms with Gasteiger partial charge in [0, 0.05) is 5.56 Å². The summed E-state index contributed by atoms with van der Waals surface area (Å²) in [7, 11) is 0. The molecule has 3 aromatic rings. The van der Waals surface area contributed by atoms with Crippen molar-refractivity contribution in [1.82, 2.24) is 14.6 Å². The highest BCUT2D eigenvalue weighted by Gasteiger charge is 2.35. The molecule has 3 heterocycles. The Balaban J connectivity index is 2.09. The van der Waals surface area contributed by atoms with Crippen molar-refractivity contribution >= 4 is 39.4 Å². The second kappa shape index (κ2) is 5.56. The number of aliphatic carboxylic acids is 1. The first-order chi connectivity index (χ1) is 12.4. The van der Waals surface area contributed by atoms with E-state index in [2.05, 4.69) is 10.1 Å². The number of aromatic nitrogens is 3. The number of benzene rings is 1. The van der Waals surface area contributed by atoms with E-state index in [1.54, 1.807) is 24.3 Å². The lowest BCUT2D eigenvalue weighted by Crippen LogP contribution is -2.35. The number of nitrogens with zero attached hydrogens (tertiary/aromatic N) is 4. The maximum atomic E-state index is 12.8. The second-order valence-electron chi connectivity index (χ2n) is 5.61. The van der Waals surface area contributed by atoms with Crippen LogP contribution in [0.25, 0.3) is 10.5 Å². The van der Waals surface area contributed by atoms with Gasteiger partial charge in [-0.25, -0.2) is 0 Å². The fraction of sp³-hybridized carbons (Fsp3) is 0.125. The number of hydrogen-bond donors (Lipinski definition) is 1. The van der Waals surface area contributed by atoms with Gasteiger partial charge in [0.05, 0.1) is 11.3 Å². The van der Waals surface area contributed by atoms with Crippen LogP contribution in [0.2, 0.25) is 0 Å². The van der Waals surface area contributed by atoms with Crippen LogP contribution in [0, 0.1) is 6.92 Å². The number of anilines is 1. The molecule has 0 aliphatic carbocycles. The fourth-order valence-electron chi connectivity index (χ4n) is 2.83. The first kappa shape index (κ1) is 16.1. The van der Waals surface area contributed by atoms with Gasteiger partial charge in [0.1, 0.15) is 16.8 Å². The zero-order chi connectivity index (χ0) is 18.6. The number of thiazole rings is 1. The van der Waals surface area contributed by atoms with Crippen LogP contribution in [0.4, 0.5) is 5.69 Å². The van der Waals surface area contributed by atoms with Crippen molar-refractivity contribution in [2.24, 2.45) is 0 Å². The van der Waals surface area contributed by atoms with Crippen LogP contribution in [-0.2, 0) is 9.59 Å². The van der Waals surface area contributed by atoms with E-state index in [0.29, 0.717) is 11.3 Å². The van der Waals surface area contributed by atoms with Gasteiger partial charge >= 0.3 is 5.97 Å².